The standard InChI is InChI=1S/C27H25FN2O2/c1-4-18(2)26(15-20-7-5-9-23(28)14-20)30(24-10-6-8-22(16-24)27(31)32)25-12-11-21(17-29)13-19(25)3/h5-14,16H,4,15H2,1-3H3,(H,31,32)/b26-18+. The summed E-state index contributed by atoms with van der Waals surface area (Å²) in [6.45, 7) is 6.01. The van der Waals surface area contributed by atoms with Crippen LogP contribution < -0.4 is 4.90 Å². The van der Waals surface area contributed by atoms with Gasteiger partial charge in [-0.1, -0.05) is 30.7 Å². The summed E-state index contributed by atoms with van der Waals surface area (Å²) in [5, 5.41) is 18.8. The first-order valence-corrected chi connectivity index (χ1v) is 10.4. The summed E-state index contributed by atoms with van der Waals surface area (Å²) in [7, 11) is 0. The molecule has 0 amide bonds. The van der Waals surface area contributed by atoms with Crippen LogP contribution in [0, 0.1) is 24.1 Å². The number of carbonyl (C=O) groups is 1. The van der Waals surface area contributed by atoms with E-state index in [1.54, 1.807) is 30.3 Å². The van der Waals surface area contributed by atoms with Crippen molar-refractivity contribution in [2.24, 2.45) is 0 Å². The Morgan fingerprint density at radius 2 is 1.84 bits per heavy atom. The van der Waals surface area contributed by atoms with Gasteiger partial charge < -0.3 is 10.0 Å². The molecule has 1 N–H and O–H groups in total. The van der Waals surface area contributed by atoms with Crippen LogP contribution in [0.5, 0.6) is 0 Å². The van der Waals surface area contributed by atoms with Crippen molar-refractivity contribution in [1.82, 2.24) is 0 Å². The predicted octanol–water partition coefficient (Wildman–Crippen LogP) is 6.77. The zero-order chi connectivity index (χ0) is 23.3. The number of aryl methyl sites for hydroxylation is 1. The van der Waals surface area contributed by atoms with Crippen LogP contribution in [-0.2, 0) is 6.42 Å². The lowest BCUT2D eigenvalue weighted by atomic mass is 10.00. The molecule has 4 nitrogen and oxygen atoms in total. The van der Waals surface area contributed by atoms with E-state index in [0.717, 1.165) is 34.5 Å². The Morgan fingerprint density at radius 3 is 2.47 bits per heavy atom. The van der Waals surface area contributed by atoms with Crippen molar-refractivity contribution in [2.45, 2.75) is 33.6 Å². The molecule has 0 saturated heterocycles. The van der Waals surface area contributed by atoms with Crippen LogP contribution in [0.2, 0.25) is 0 Å². The molecule has 0 aliphatic rings. The van der Waals surface area contributed by atoms with Gasteiger partial charge in [-0.3, -0.25) is 0 Å². The molecule has 0 aromatic heterocycles. The highest BCUT2D eigenvalue weighted by Gasteiger charge is 2.20. The minimum Gasteiger partial charge on any atom is -0.478 e. The van der Waals surface area contributed by atoms with Crippen molar-refractivity contribution in [3.8, 4) is 6.07 Å². The fourth-order valence-electron chi connectivity index (χ4n) is 3.66. The van der Waals surface area contributed by atoms with Crippen LogP contribution >= 0.6 is 0 Å². The van der Waals surface area contributed by atoms with Crippen LogP contribution in [0.15, 0.2) is 78.0 Å². The Labute approximate surface area is 187 Å². The van der Waals surface area contributed by atoms with E-state index >= 15 is 0 Å². The van der Waals surface area contributed by atoms with Crippen molar-refractivity contribution in [3.63, 3.8) is 0 Å². The lowest BCUT2D eigenvalue weighted by Crippen LogP contribution is -2.21. The molecular weight excluding hydrogens is 403 g/mol. The summed E-state index contributed by atoms with van der Waals surface area (Å²) in [6.07, 6.45) is 1.24. The van der Waals surface area contributed by atoms with E-state index < -0.39 is 5.97 Å². The predicted molar refractivity (Wildman–Crippen MR) is 125 cm³/mol. The molecule has 32 heavy (non-hydrogen) atoms. The van der Waals surface area contributed by atoms with E-state index in [9.17, 15) is 19.6 Å². The summed E-state index contributed by atoms with van der Waals surface area (Å²) >= 11 is 0. The van der Waals surface area contributed by atoms with Crippen molar-refractivity contribution < 1.29 is 14.3 Å². The molecule has 0 aliphatic heterocycles. The van der Waals surface area contributed by atoms with E-state index in [0.29, 0.717) is 17.7 Å². The van der Waals surface area contributed by atoms with Gasteiger partial charge in [0.1, 0.15) is 5.82 Å². The molecule has 0 heterocycles. The number of benzene rings is 3. The largest absolute Gasteiger partial charge is 0.478 e. The number of anilines is 2. The number of hydrogen-bond donors (Lipinski definition) is 1. The van der Waals surface area contributed by atoms with Gasteiger partial charge in [0.05, 0.1) is 17.2 Å². The van der Waals surface area contributed by atoms with Gasteiger partial charge in [-0.15, -0.1) is 0 Å². The molecule has 0 unspecified atom stereocenters. The molecule has 162 valence electrons. The zero-order valence-electron chi connectivity index (χ0n) is 18.4. The lowest BCUT2D eigenvalue weighted by Gasteiger charge is -2.31. The summed E-state index contributed by atoms with van der Waals surface area (Å²) in [5.41, 5.74) is 5.99. The second kappa shape index (κ2) is 9.93. The first kappa shape index (κ1) is 22.8. The van der Waals surface area contributed by atoms with Gasteiger partial charge in [-0.2, -0.15) is 5.26 Å². The Morgan fingerprint density at radius 1 is 1.09 bits per heavy atom. The topological polar surface area (TPSA) is 64.3 Å². The van der Waals surface area contributed by atoms with Gasteiger partial charge in [0.2, 0.25) is 0 Å². The highest BCUT2D eigenvalue weighted by Crippen LogP contribution is 2.36. The van der Waals surface area contributed by atoms with E-state index in [1.807, 2.05) is 43.0 Å². The van der Waals surface area contributed by atoms with Crippen LogP contribution in [0.25, 0.3) is 0 Å². The normalized spacial score (nSPS) is 11.5. The molecule has 0 radical (unpaired) electrons. The van der Waals surface area contributed by atoms with Gasteiger partial charge in [0.15, 0.2) is 0 Å². The Kier molecular flexibility index (Phi) is 7.07. The molecule has 0 aliphatic carbocycles. The minimum atomic E-state index is -1.01. The number of aromatic carboxylic acids is 1. The molecule has 3 aromatic carbocycles. The Balaban J connectivity index is 2.25. The van der Waals surface area contributed by atoms with E-state index in [-0.39, 0.29) is 11.4 Å². The number of nitrogens with zero attached hydrogens (tertiary/aromatic N) is 2. The maximum absolute atomic E-state index is 13.9. The molecule has 5 heteroatoms. The molecule has 0 spiro atoms. The van der Waals surface area contributed by atoms with Crippen molar-refractivity contribution >= 4 is 17.3 Å². The molecule has 3 aromatic rings. The SMILES string of the molecule is CC/C(C)=C(\Cc1cccc(F)c1)N(c1cccc(C(=O)O)c1)c1ccc(C#N)cc1C. The number of halogens is 1. The maximum atomic E-state index is 13.9. The van der Waals surface area contributed by atoms with Crippen LogP contribution in [0.1, 0.15) is 47.3 Å². The number of rotatable bonds is 7. The van der Waals surface area contributed by atoms with Gasteiger partial charge in [-0.05, 0) is 79.9 Å². The van der Waals surface area contributed by atoms with Crippen LogP contribution in [0.4, 0.5) is 15.8 Å². The second-order valence-corrected chi connectivity index (χ2v) is 7.69. The van der Waals surface area contributed by atoms with E-state index in [1.165, 1.54) is 12.1 Å². The summed E-state index contributed by atoms with van der Waals surface area (Å²) in [5.74, 6) is -1.31. The van der Waals surface area contributed by atoms with E-state index in [4.69, 9.17) is 0 Å². The van der Waals surface area contributed by atoms with Gasteiger partial charge in [0, 0.05) is 23.5 Å². The van der Waals surface area contributed by atoms with Gasteiger partial charge >= 0.3 is 5.97 Å². The third-order valence-electron chi connectivity index (χ3n) is 5.47. The molecule has 0 atom stereocenters. The number of carboxylic acid groups (broad SMARTS) is 1. The van der Waals surface area contributed by atoms with Gasteiger partial charge in [-0.25, -0.2) is 9.18 Å². The fourth-order valence-corrected chi connectivity index (χ4v) is 3.66. The molecular formula is C27H25FN2O2. The number of nitriles is 1. The molecule has 0 fully saturated rings. The first-order chi connectivity index (χ1) is 15.3. The Bertz CT molecular complexity index is 1220. The number of allylic oxidation sites excluding steroid dienone is 2. The van der Waals surface area contributed by atoms with Crippen LogP contribution in [-0.4, -0.2) is 11.1 Å². The number of hydrogen-bond acceptors (Lipinski definition) is 3. The lowest BCUT2D eigenvalue weighted by molar-refractivity contribution is 0.0697. The molecule has 3 rings (SSSR count). The molecule has 0 bridgehead atoms. The summed E-state index contributed by atoms with van der Waals surface area (Å²) < 4.78 is 13.9. The van der Waals surface area contributed by atoms with Crippen molar-refractivity contribution in [1.29, 1.82) is 5.26 Å². The number of carboxylic acids is 1. The quantitative estimate of drug-likeness (QED) is 0.451. The summed E-state index contributed by atoms with van der Waals surface area (Å²) in [6, 6.07) is 20.8. The third kappa shape index (κ3) is 5.04. The minimum absolute atomic E-state index is 0.179. The highest BCUT2D eigenvalue weighted by atomic mass is 19.1. The monoisotopic (exact) mass is 428 g/mol. The van der Waals surface area contributed by atoms with Gasteiger partial charge in [0.25, 0.3) is 0 Å². The van der Waals surface area contributed by atoms with E-state index in [2.05, 4.69) is 13.0 Å². The third-order valence-corrected chi connectivity index (χ3v) is 5.47. The molecule has 0 saturated carbocycles. The smallest absolute Gasteiger partial charge is 0.335 e. The maximum Gasteiger partial charge on any atom is 0.335 e. The second-order valence-electron chi connectivity index (χ2n) is 7.69. The zero-order valence-corrected chi connectivity index (χ0v) is 18.4. The summed E-state index contributed by atoms with van der Waals surface area (Å²) in [4.78, 5) is 13.7. The average Bonchev–Trinajstić information content (AvgIpc) is 2.79. The Hall–Kier alpha value is -3.91. The first-order valence-electron chi connectivity index (χ1n) is 10.4. The average molecular weight is 429 g/mol. The highest BCUT2D eigenvalue weighted by molar-refractivity contribution is 5.89. The van der Waals surface area contributed by atoms with Crippen molar-refractivity contribution in [3.05, 3.63) is 106 Å². The fraction of sp³-hybridized carbons (Fsp3) is 0.185. The van der Waals surface area contributed by atoms with Crippen molar-refractivity contribution in [2.75, 3.05) is 4.90 Å². The van der Waals surface area contributed by atoms with Crippen LogP contribution in [0.3, 0.4) is 0 Å².